The number of thioether (sulfide) groups is 1. The van der Waals surface area contributed by atoms with Gasteiger partial charge in [0.15, 0.2) is 0 Å². The van der Waals surface area contributed by atoms with Gasteiger partial charge in [-0.15, -0.1) is 24.1 Å². The second-order valence-corrected chi connectivity index (χ2v) is 5.29. The molecule has 1 aromatic rings. The Morgan fingerprint density at radius 3 is 2.79 bits per heavy atom. The lowest BCUT2D eigenvalue weighted by molar-refractivity contribution is 1.10. The van der Waals surface area contributed by atoms with Crippen LogP contribution in [0.1, 0.15) is 19.4 Å². The van der Waals surface area contributed by atoms with Gasteiger partial charge in [-0.1, -0.05) is 31.5 Å². The summed E-state index contributed by atoms with van der Waals surface area (Å²) in [6, 6.07) is 5.93. The molecule has 0 atom stereocenters. The average molecular weight is 225 g/mol. The van der Waals surface area contributed by atoms with Gasteiger partial charge in [0.1, 0.15) is 0 Å². The lowest BCUT2D eigenvalue weighted by atomic mass is 10.1. The fourth-order valence-corrected chi connectivity index (χ4v) is 2.46. The zero-order valence-corrected chi connectivity index (χ0v) is 9.95. The lowest BCUT2D eigenvalue weighted by Gasteiger charge is -2.10. The van der Waals surface area contributed by atoms with Crippen LogP contribution < -0.4 is 0 Å². The summed E-state index contributed by atoms with van der Waals surface area (Å²) in [6.45, 7) is 4.32. The molecule has 1 aromatic carbocycles. The van der Waals surface area contributed by atoms with Gasteiger partial charge in [0, 0.05) is 21.6 Å². The van der Waals surface area contributed by atoms with Crippen molar-refractivity contribution < 1.29 is 0 Å². The van der Waals surface area contributed by atoms with Gasteiger partial charge in [-0.3, -0.25) is 0 Å². The minimum Gasteiger partial charge on any atom is -0.123 e. The largest absolute Gasteiger partial charge is 0.123 e. The molecule has 0 nitrogen and oxygen atoms in total. The molecule has 0 radical (unpaired) electrons. The third kappa shape index (κ3) is 2.97. The normalized spacial score (nSPS) is 10.2. The third-order valence-corrected chi connectivity index (χ3v) is 3.18. The minimum absolute atomic E-state index is 0.546. The van der Waals surface area contributed by atoms with Crippen molar-refractivity contribution in [1.29, 1.82) is 0 Å². The summed E-state index contributed by atoms with van der Waals surface area (Å²) in [7, 11) is 0. The summed E-state index contributed by atoms with van der Waals surface area (Å²) in [4.78, 5) is 1.20. The Kier molecular flexibility index (Phi) is 4.38. The first-order valence-corrected chi connectivity index (χ1v) is 5.78. The van der Waals surface area contributed by atoms with Crippen LogP contribution >= 0.6 is 23.4 Å². The van der Waals surface area contributed by atoms with Gasteiger partial charge in [-0.05, 0) is 17.7 Å². The molecule has 0 fully saturated rings. The van der Waals surface area contributed by atoms with E-state index in [1.54, 1.807) is 11.8 Å². The molecule has 0 amide bonds. The summed E-state index contributed by atoms with van der Waals surface area (Å²) in [5.41, 5.74) is 1.08. The predicted octanol–water partition coefficient (Wildman–Crippen LogP) is 4.02. The molecule has 0 spiro atoms. The SMILES string of the molecule is C#CCc1c(Cl)cccc1SC(C)C. The molecular weight excluding hydrogens is 212 g/mol. The molecule has 0 aliphatic carbocycles. The second-order valence-electron chi connectivity index (χ2n) is 3.26. The van der Waals surface area contributed by atoms with Crippen LogP contribution in [0.2, 0.25) is 5.02 Å². The summed E-state index contributed by atoms with van der Waals surface area (Å²) in [5.74, 6) is 2.64. The van der Waals surface area contributed by atoms with Crippen molar-refractivity contribution in [3.05, 3.63) is 28.8 Å². The van der Waals surface area contributed by atoms with E-state index in [9.17, 15) is 0 Å². The summed E-state index contributed by atoms with van der Waals surface area (Å²) in [5, 5.41) is 1.32. The number of terminal acetylenes is 1. The predicted molar refractivity (Wildman–Crippen MR) is 65.0 cm³/mol. The van der Waals surface area contributed by atoms with Crippen molar-refractivity contribution in [3.63, 3.8) is 0 Å². The average Bonchev–Trinajstić information content (AvgIpc) is 2.10. The minimum atomic E-state index is 0.546. The van der Waals surface area contributed by atoms with Gasteiger partial charge in [-0.2, -0.15) is 0 Å². The topological polar surface area (TPSA) is 0 Å². The van der Waals surface area contributed by atoms with Crippen molar-refractivity contribution in [2.75, 3.05) is 0 Å². The van der Waals surface area contributed by atoms with E-state index in [2.05, 4.69) is 25.8 Å². The number of rotatable bonds is 3. The highest BCUT2D eigenvalue weighted by Gasteiger charge is 2.07. The second kappa shape index (κ2) is 5.34. The Morgan fingerprint density at radius 2 is 2.21 bits per heavy atom. The van der Waals surface area contributed by atoms with Crippen molar-refractivity contribution in [3.8, 4) is 12.3 Å². The highest BCUT2D eigenvalue weighted by molar-refractivity contribution is 8.00. The number of hydrogen-bond acceptors (Lipinski definition) is 1. The molecule has 0 unspecified atom stereocenters. The Balaban J connectivity index is 3.02. The quantitative estimate of drug-likeness (QED) is 0.552. The molecule has 0 aromatic heterocycles. The molecule has 0 aliphatic rings. The van der Waals surface area contributed by atoms with Crippen LogP contribution in [-0.2, 0) is 6.42 Å². The molecular formula is C12H13ClS. The monoisotopic (exact) mass is 224 g/mol. The van der Waals surface area contributed by atoms with Crippen LogP contribution in [0.5, 0.6) is 0 Å². The van der Waals surface area contributed by atoms with E-state index in [1.807, 2.05) is 12.1 Å². The lowest BCUT2D eigenvalue weighted by Crippen LogP contribution is -1.92. The summed E-state index contributed by atoms with van der Waals surface area (Å²) >= 11 is 7.88. The Hall–Kier alpha value is -0.580. The summed E-state index contributed by atoms with van der Waals surface area (Å²) in [6.07, 6.45) is 5.92. The molecule has 0 N–H and O–H groups in total. The first kappa shape index (κ1) is 11.5. The van der Waals surface area contributed by atoms with Crippen LogP contribution in [-0.4, -0.2) is 5.25 Å². The standard InChI is InChI=1S/C12H13ClS/c1-4-6-10-11(13)7-5-8-12(10)14-9(2)3/h1,5,7-9H,6H2,2-3H3. The van der Waals surface area contributed by atoms with Gasteiger partial charge in [0.05, 0.1) is 0 Å². The van der Waals surface area contributed by atoms with Crippen LogP contribution in [0.25, 0.3) is 0 Å². The smallest absolute Gasteiger partial charge is 0.0458 e. The maximum absolute atomic E-state index is 6.08. The first-order chi connectivity index (χ1) is 6.65. The zero-order valence-electron chi connectivity index (χ0n) is 8.38. The van der Waals surface area contributed by atoms with E-state index in [0.29, 0.717) is 11.7 Å². The van der Waals surface area contributed by atoms with Gasteiger partial charge in [0.25, 0.3) is 0 Å². The Morgan fingerprint density at radius 1 is 1.50 bits per heavy atom. The van der Waals surface area contributed by atoms with E-state index in [-0.39, 0.29) is 0 Å². The number of halogens is 1. The van der Waals surface area contributed by atoms with E-state index in [4.69, 9.17) is 18.0 Å². The van der Waals surface area contributed by atoms with Gasteiger partial charge >= 0.3 is 0 Å². The third-order valence-electron chi connectivity index (χ3n) is 1.72. The maximum Gasteiger partial charge on any atom is 0.0458 e. The fourth-order valence-electron chi connectivity index (χ4n) is 1.18. The Labute approximate surface area is 95.0 Å². The molecule has 2 heteroatoms. The maximum atomic E-state index is 6.08. The first-order valence-electron chi connectivity index (χ1n) is 4.52. The van der Waals surface area contributed by atoms with Crippen LogP contribution in [0.4, 0.5) is 0 Å². The van der Waals surface area contributed by atoms with Crippen molar-refractivity contribution in [1.82, 2.24) is 0 Å². The molecule has 74 valence electrons. The van der Waals surface area contributed by atoms with E-state index in [0.717, 1.165) is 10.6 Å². The van der Waals surface area contributed by atoms with Crippen molar-refractivity contribution >= 4 is 23.4 Å². The van der Waals surface area contributed by atoms with E-state index in [1.165, 1.54) is 4.90 Å². The Bertz CT molecular complexity index is 350. The molecule has 14 heavy (non-hydrogen) atoms. The van der Waals surface area contributed by atoms with E-state index >= 15 is 0 Å². The van der Waals surface area contributed by atoms with Crippen LogP contribution in [0, 0.1) is 12.3 Å². The van der Waals surface area contributed by atoms with E-state index < -0.39 is 0 Å². The van der Waals surface area contributed by atoms with Crippen LogP contribution in [0.15, 0.2) is 23.1 Å². The molecule has 0 saturated heterocycles. The molecule has 0 bridgehead atoms. The molecule has 0 saturated carbocycles. The fraction of sp³-hybridized carbons (Fsp3) is 0.333. The molecule has 1 rings (SSSR count). The summed E-state index contributed by atoms with van der Waals surface area (Å²) < 4.78 is 0. The van der Waals surface area contributed by atoms with Gasteiger partial charge in [-0.25, -0.2) is 0 Å². The number of benzene rings is 1. The highest BCUT2D eigenvalue weighted by atomic mass is 35.5. The van der Waals surface area contributed by atoms with Gasteiger partial charge in [0.2, 0.25) is 0 Å². The van der Waals surface area contributed by atoms with Gasteiger partial charge < -0.3 is 0 Å². The van der Waals surface area contributed by atoms with Crippen LogP contribution in [0.3, 0.4) is 0 Å². The zero-order chi connectivity index (χ0) is 10.6. The molecule has 0 aliphatic heterocycles. The van der Waals surface area contributed by atoms with Crippen molar-refractivity contribution in [2.24, 2.45) is 0 Å². The number of hydrogen-bond donors (Lipinski definition) is 0. The van der Waals surface area contributed by atoms with Crippen molar-refractivity contribution in [2.45, 2.75) is 30.4 Å². The highest BCUT2D eigenvalue weighted by Crippen LogP contribution is 2.31. The molecule has 0 heterocycles.